The van der Waals surface area contributed by atoms with E-state index >= 15 is 0 Å². The lowest BCUT2D eigenvalue weighted by molar-refractivity contribution is 0.162. The maximum Gasteiger partial charge on any atom is 0.321 e. The highest BCUT2D eigenvalue weighted by atomic mass is 79.9. The number of aromatic nitrogens is 3. The molecule has 0 spiro atoms. The van der Waals surface area contributed by atoms with Crippen LogP contribution in [0.5, 0.6) is 0 Å². The van der Waals surface area contributed by atoms with Gasteiger partial charge in [-0.3, -0.25) is 0 Å². The number of piperidine rings is 1. The number of halogens is 1. The second-order valence-corrected chi connectivity index (χ2v) is 7.66. The highest BCUT2D eigenvalue weighted by Crippen LogP contribution is 2.29. The van der Waals surface area contributed by atoms with Gasteiger partial charge in [-0.2, -0.15) is 0 Å². The molecule has 1 fully saturated rings. The Hall–Kier alpha value is -2.45. The van der Waals surface area contributed by atoms with Gasteiger partial charge in [-0.1, -0.05) is 12.1 Å². The quantitative estimate of drug-likeness (QED) is 0.655. The van der Waals surface area contributed by atoms with Gasteiger partial charge in [0.15, 0.2) is 5.65 Å². The van der Waals surface area contributed by atoms with Gasteiger partial charge in [0.2, 0.25) is 0 Å². The van der Waals surface area contributed by atoms with Crippen molar-refractivity contribution in [1.82, 2.24) is 19.4 Å². The van der Waals surface area contributed by atoms with Gasteiger partial charge in [0.25, 0.3) is 0 Å². The number of rotatable bonds is 4. The zero-order valence-electron chi connectivity index (χ0n) is 15.6. The summed E-state index contributed by atoms with van der Waals surface area (Å²) in [7, 11) is 1.67. The lowest BCUT2D eigenvalue weighted by atomic mass is 10.0. The summed E-state index contributed by atoms with van der Waals surface area (Å²) in [6, 6.07) is 11.7. The maximum absolute atomic E-state index is 12.6. The van der Waals surface area contributed by atoms with Crippen LogP contribution in [-0.2, 0) is 11.3 Å². The van der Waals surface area contributed by atoms with Gasteiger partial charge in [0.1, 0.15) is 17.9 Å². The van der Waals surface area contributed by atoms with E-state index in [2.05, 4.69) is 35.8 Å². The van der Waals surface area contributed by atoms with Crippen molar-refractivity contribution in [3.63, 3.8) is 0 Å². The summed E-state index contributed by atoms with van der Waals surface area (Å²) in [5.74, 6) is 0.882. The predicted octanol–water partition coefficient (Wildman–Crippen LogP) is 4.21. The predicted molar refractivity (Wildman–Crippen MR) is 111 cm³/mol. The number of nitrogens with zero attached hydrogens (tertiary/aromatic N) is 4. The number of fused-ring (bicyclic) bond motifs is 1. The minimum atomic E-state index is -0.0731. The zero-order valence-corrected chi connectivity index (χ0v) is 17.2. The van der Waals surface area contributed by atoms with E-state index in [1.807, 2.05) is 41.3 Å². The minimum Gasteiger partial charge on any atom is -0.377 e. The number of amides is 2. The molecule has 0 atom stereocenters. The van der Waals surface area contributed by atoms with Gasteiger partial charge < -0.3 is 19.5 Å². The van der Waals surface area contributed by atoms with E-state index in [0.717, 1.165) is 40.0 Å². The molecule has 1 aliphatic rings. The number of hydrogen-bond donors (Lipinski definition) is 1. The Morgan fingerprint density at radius 3 is 2.79 bits per heavy atom. The SMILES string of the molecule is COCc1nc2cccnc2n1C1CCN(C(=O)Nc2ccccc2Br)CC1. The summed E-state index contributed by atoms with van der Waals surface area (Å²) in [5.41, 5.74) is 2.54. The van der Waals surface area contributed by atoms with E-state index in [4.69, 9.17) is 4.74 Å². The normalized spacial score (nSPS) is 15.1. The number of anilines is 1. The van der Waals surface area contributed by atoms with Crippen LogP contribution in [-0.4, -0.2) is 45.7 Å². The molecule has 0 aliphatic carbocycles. The van der Waals surface area contributed by atoms with Crippen molar-refractivity contribution in [3.05, 3.63) is 52.9 Å². The number of carbonyl (C=O) groups is 1. The third kappa shape index (κ3) is 3.74. The van der Waals surface area contributed by atoms with Gasteiger partial charge in [0.05, 0.1) is 5.69 Å². The summed E-state index contributed by atoms with van der Waals surface area (Å²) in [6.45, 7) is 1.80. The van der Waals surface area contributed by atoms with Crippen LogP contribution in [0.1, 0.15) is 24.7 Å². The number of imidazole rings is 1. The van der Waals surface area contributed by atoms with Crippen LogP contribution in [0.4, 0.5) is 10.5 Å². The second-order valence-electron chi connectivity index (χ2n) is 6.81. The van der Waals surface area contributed by atoms with Crippen LogP contribution in [0.3, 0.4) is 0 Å². The third-order valence-electron chi connectivity index (χ3n) is 5.03. The summed E-state index contributed by atoms with van der Waals surface area (Å²) in [4.78, 5) is 23.7. The number of hydrogen-bond acceptors (Lipinski definition) is 4. The van der Waals surface area contributed by atoms with E-state index in [9.17, 15) is 4.79 Å². The van der Waals surface area contributed by atoms with Crippen LogP contribution in [0, 0.1) is 0 Å². The van der Waals surface area contributed by atoms with Crippen molar-refractivity contribution >= 4 is 38.8 Å². The molecule has 0 bridgehead atoms. The number of pyridine rings is 1. The van der Waals surface area contributed by atoms with Gasteiger partial charge in [-0.15, -0.1) is 0 Å². The number of para-hydroxylation sites is 1. The fourth-order valence-corrected chi connectivity index (χ4v) is 4.06. The van der Waals surface area contributed by atoms with Crippen LogP contribution in [0.25, 0.3) is 11.2 Å². The van der Waals surface area contributed by atoms with Crippen molar-refractivity contribution in [3.8, 4) is 0 Å². The van der Waals surface area contributed by atoms with Gasteiger partial charge in [-0.05, 0) is 53.0 Å². The van der Waals surface area contributed by atoms with E-state index < -0.39 is 0 Å². The van der Waals surface area contributed by atoms with Crippen LogP contribution >= 0.6 is 15.9 Å². The molecule has 1 saturated heterocycles. The van der Waals surface area contributed by atoms with E-state index in [1.165, 1.54) is 0 Å². The monoisotopic (exact) mass is 443 g/mol. The first-order valence-corrected chi connectivity index (χ1v) is 10.1. The first-order chi connectivity index (χ1) is 13.7. The molecule has 28 heavy (non-hydrogen) atoms. The zero-order chi connectivity index (χ0) is 19.5. The maximum atomic E-state index is 12.6. The summed E-state index contributed by atoms with van der Waals surface area (Å²) in [5, 5.41) is 2.98. The van der Waals surface area contributed by atoms with Crippen molar-refractivity contribution in [2.24, 2.45) is 0 Å². The lowest BCUT2D eigenvalue weighted by Gasteiger charge is -2.33. The van der Waals surface area contributed by atoms with Crippen molar-refractivity contribution in [2.75, 3.05) is 25.5 Å². The standard InChI is InChI=1S/C20H22BrN5O2/c1-28-13-18-23-17-7-4-10-22-19(17)26(18)14-8-11-25(12-9-14)20(27)24-16-6-3-2-5-15(16)21/h2-7,10,14H,8-9,11-13H2,1H3,(H,24,27). The van der Waals surface area contributed by atoms with Crippen molar-refractivity contribution in [2.45, 2.75) is 25.5 Å². The van der Waals surface area contributed by atoms with Crippen molar-refractivity contribution in [1.29, 1.82) is 0 Å². The van der Waals surface area contributed by atoms with Crippen LogP contribution < -0.4 is 5.32 Å². The Labute approximate surface area is 171 Å². The van der Waals surface area contributed by atoms with Crippen LogP contribution in [0.2, 0.25) is 0 Å². The molecule has 0 radical (unpaired) electrons. The molecule has 0 saturated carbocycles. The Morgan fingerprint density at radius 1 is 1.25 bits per heavy atom. The fourth-order valence-electron chi connectivity index (χ4n) is 3.68. The second kappa shape index (κ2) is 8.28. The number of benzene rings is 1. The first-order valence-electron chi connectivity index (χ1n) is 9.28. The fraction of sp³-hybridized carbons (Fsp3) is 0.350. The summed E-state index contributed by atoms with van der Waals surface area (Å²) in [6.07, 6.45) is 3.49. The Kier molecular flexibility index (Phi) is 5.59. The molecule has 4 rings (SSSR count). The summed E-state index contributed by atoms with van der Waals surface area (Å²) < 4.78 is 8.39. The Morgan fingerprint density at radius 2 is 2.04 bits per heavy atom. The number of likely N-dealkylation sites (tertiary alicyclic amines) is 1. The molecule has 3 heterocycles. The number of ether oxygens (including phenoxy) is 1. The van der Waals surface area contributed by atoms with Crippen molar-refractivity contribution < 1.29 is 9.53 Å². The number of nitrogens with one attached hydrogen (secondary N) is 1. The molecule has 1 aromatic carbocycles. The largest absolute Gasteiger partial charge is 0.377 e. The molecular weight excluding hydrogens is 422 g/mol. The van der Waals surface area contributed by atoms with Crippen LogP contribution in [0.15, 0.2) is 47.1 Å². The number of urea groups is 1. The molecule has 7 nitrogen and oxygen atoms in total. The van der Waals surface area contributed by atoms with Gasteiger partial charge in [0, 0.05) is 36.9 Å². The minimum absolute atomic E-state index is 0.0731. The highest BCUT2D eigenvalue weighted by molar-refractivity contribution is 9.10. The van der Waals surface area contributed by atoms with Gasteiger partial charge in [-0.25, -0.2) is 14.8 Å². The Bertz CT molecular complexity index is 982. The molecule has 1 N–H and O–H groups in total. The summed E-state index contributed by atoms with van der Waals surface area (Å²) >= 11 is 3.47. The Balaban J connectivity index is 1.47. The van der Waals surface area contributed by atoms with Gasteiger partial charge >= 0.3 is 6.03 Å². The van der Waals surface area contributed by atoms with E-state index in [1.54, 1.807) is 13.3 Å². The molecule has 2 amide bonds. The molecule has 2 aromatic heterocycles. The smallest absolute Gasteiger partial charge is 0.321 e. The molecule has 1 aliphatic heterocycles. The van der Waals surface area contributed by atoms with E-state index in [0.29, 0.717) is 19.7 Å². The molecular formula is C20H22BrN5O2. The highest BCUT2D eigenvalue weighted by Gasteiger charge is 2.27. The first kappa shape index (κ1) is 18.9. The topological polar surface area (TPSA) is 72.3 Å². The average molecular weight is 444 g/mol. The van der Waals surface area contributed by atoms with E-state index in [-0.39, 0.29) is 12.1 Å². The number of carbonyl (C=O) groups excluding carboxylic acids is 1. The molecule has 0 unspecified atom stereocenters. The molecule has 146 valence electrons. The number of methoxy groups -OCH3 is 1. The molecule has 3 aromatic rings. The average Bonchev–Trinajstić information content (AvgIpc) is 3.08. The molecule has 8 heteroatoms. The lowest BCUT2D eigenvalue weighted by Crippen LogP contribution is -2.41. The third-order valence-corrected chi connectivity index (χ3v) is 5.72.